The maximum absolute atomic E-state index is 13.2. The highest BCUT2D eigenvalue weighted by Crippen LogP contribution is 2.29. The van der Waals surface area contributed by atoms with Crippen molar-refractivity contribution in [2.24, 2.45) is 0 Å². The molecule has 0 aliphatic carbocycles. The number of methoxy groups -OCH3 is 2. The first-order valence-electron chi connectivity index (χ1n) is 4.65. The molecule has 0 spiro atoms. The van der Waals surface area contributed by atoms with E-state index in [1.165, 1.54) is 13.2 Å². The van der Waals surface area contributed by atoms with Crippen LogP contribution in [0.4, 0.5) is 4.39 Å². The second-order valence-corrected chi connectivity index (χ2v) is 3.09. The molecule has 15 heavy (non-hydrogen) atoms. The van der Waals surface area contributed by atoms with Gasteiger partial charge < -0.3 is 14.2 Å². The normalized spacial score (nSPS) is 10.1. The Hall–Kier alpha value is -1.29. The van der Waals surface area contributed by atoms with Crippen LogP contribution in [0, 0.1) is 12.7 Å². The zero-order valence-corrected chi connectivity index (χ0v) is 9.17. The lowest BCUT2D eigenvalue weighted by Crippen LogP contribution is -2.05. The van der Waals surface area contributed by atoms with Crippen LogP contribution in [0.1, 0.15) is 5.56 Å². The average Bonchev–Trinajstić information content (AvgIpc) is 2.23. The van der Waals surface area contributed by atoms with Gasteiger partial charge in [0.2, 0.25) is 0 Å². The molecule has 0 fully saturated rings. The third kappa shape index (κ3) is 3.09. The van der Waals surface area contributed by atoms with Crippen LogP contribution in [0.5, 0.6) is 11.5 Å². The summed E-state index contributed by atoms with van der Waals surface area (Å²) in [6.45, 7) is 2.50. The number of aryl methyl sites for hydroxylation is 1. The molecule has 0 aliphatic heterocycles. The Kier molecular flexibility index (Phi) is 4.37. The Labute approximate surface area is 88.8 Å². The quantitative estimate of drug-likeness (QED) is 0.703. The zero-order chi connectivity index (χ0) is 11.3. The van der Waals surface area contributed by atoms with Crippen LogP contribution in [-0.4, -0.2) is 27.4 Å². The highest BCUT2D eigenvalue weighted by atomic mass is 19.1. The van der Waals surface area contributed by atoms with Crippen molar-refractivity contribution < 1.29 is 18.6 Å². The molecule has 0 radical (unpaired) electrons. The molecule has 0 atom stereocenters. The number of benzene rings is 1. The van der Waals surface area contributed by atoms with E-state index in [2.05, 4.69) is 0 Å². The van der Waals surface area contributed by atoms with Gasteiger partial charge in [-0.2, -0.15) is 0 Å². The van der Waals surface area contributed by atoms with E-state index in [9.17, 15) is 4.39 Å². The lowest BCUT2D eigenvalue weighted by molar-refractivity contribution is 0.144. The van der Waals surface area contributed by atoms with Crippen LogP contribution < -0.4 is 9.47 Å². The Bertz CT molecular complexity index is 326. The molecular weight excluding hydrogens is 199 g/mol. The van der Waals surface area contributed by atoms with Crippen LogP contribution >= 0.6 is 0 Å². The molecule has 1 rings (SSSR count). The molecule has 0 saturated carbocycles. The van der Waals surface area contributed by atoms with Crippen LogP contribution in [0.15, 0.2) is 12.1 Å². The maximum atomic E-state index is 13.2. The first-order chi connectivity index (χ1) is 7.19. The van der Waals surface area contributed by atoms with E-state index in [1.54, 1.807) is 20.1 Å². The molecule has 3 nitrogen and oxygen atoms in total. The van der Waals surface area contributed by atoms with Crippen molar-refractivity contribution in [1.82, 2.24) is 0 Å². The van der Waals surface area contributed by atoms with Gasteiger partial charge in [-0.25, -0.2) is 4.39 Å². The predicted molar refractivity (Wildman–Crippen MR) is 55.1 cm³/mol. The Morgan fingerprint density at radius 3 is 2.47 bits per heavy atom. The number of halogens is 1. The number of hydrogen-bond acceptors (Lipinski definition) is 3. The highest BCUT2D eigenvalue weighted by Gasteiger charge is 2.08. The van der Waals surface area contributed by atoms with Gasteiger partial charge in [0.1, 0.15) is 12.4 Å². The topological polar surface area (TPSA) is 27.7 Å². The van der Waals surface area contributed by atoms with E-state index >= 15 is 0 Å². The summed E-state index contributed by atoms with van der Waals surface area (Å²) in [5.41, 5.74) is 0.533. The lowest BCUT2D eigenvalue weighted by Gasteiger charge is -2.11. The molecule has 1 aromatic carbocycles. The molecule has 0 aromatic heterocycles. The minimum atomic E-state index is -0.303. The second kappa shape index (κ2) is 5.56. The number of hydrogen-bond donors (Lipinski definition) is 0. The molecular formula is C11H15FO3. The summed E-state index contributed by atoms with van der Waals surface area (Å²) in [5, 5.41) is 0. The molecule has 0 saturated heterocycles. The molecule has 1 aromatic rings. The lowest BCUT2D eigenvalue weighted by atomic mass is 10.2. The molecule has 0 bridgehead atoms. The van der Waals surface area contributed by atoms with E-state index in [0.29, 0.717) is 30.3 Å². The Morgan fingerprint density at radius 1 is 1.13 bits per heavy atom. The van der Waals surface area contributed by atoms with E-state index in [4.69, 9.17) is 14.2 Å². The van der Waals surface area contributed by atoms with Gasteiger partial charge >= 0.3 is 0 Å². The summed E-state index contributed by atoms with van der Waals surface area (Å²) in [6, 6.07) is 2.93. The summed E-state index contributed by atoms with van der Waals surface area (Å²) in [6.07, 6.45) is 0. The van der Waals surface area contributed by atoms with Gasteiger partial charge in [-0.15, -0.1) is 0 Å². The largest absolute Gasteiger partial charge is 0.493 e. The van der Waals surface area contributed by atoms with E-state index < -0.39 is 0 Å². The number of ether oxygens (including phenoxy) is 3. The van der Waals surface area contributed by atoms with Gasteiger partial charge in [-0.3, -0.25) is 0 Å². The fraction of sp³-hybridized carbons (Fsp3) is 0.455. The summed E-state index contributed by atoms with van der Waals surface area (Å²) < 4.78 is 28.5. The van der Waals surface area contributed by atoms with Crippen LogP contribution in [0.3, 0.4) is 0 Å². The van der Waals surface area contributed by atoms with Crippen LogP contribution in [0.25, 0.3) is 0 Å². The summed E-state index contributed by atoms with van der Waals surface area (Å²) in [5.74, 6) is 0.630. The summed E-state index contributed by atoms with van der Waals surface area (Å²) >= 11 is 0. The molecule has 0 aliphatic rings. The van der Waals surface area contributed by atoms with E-state index in [-0.39, 0.29) is 5.82 Å². The minimum absolute atomic E-state index is 0.303. The third-order valence-electron chi connectivity index (χ3n) is 1.99. The maximum Gasteiger partial charge on any atom is 0.164 e. The molecule has 0 heterocycles. The molecule has 84 valence electrons. The van der Waals surface area contributed by atoms with Crippen molar-refractivity contribution in [1.29, 1.82) is 0 Å². The zero-order valence-electron chi connectivity index (χ0n) is 9.17. The highest BCUT2D eigenvalue weighted by molar-refractivity contribution is 5.43. The van der Waals surface area contributed by atoms with Crippen molar-refractivity contribution in [3.05, 3.63) is 23.5 Å². The van der Waals surface area contributed by atoms with Crippen molar-refractivity contribution >= 4 is 0 Å². The second-order valence-electron chi connectivity index (χ2n) is 3.09. The van der Waals surface area contributed by atoms with Gasteiger partial charge in [0.25, 0.3) is 0 Å². The number of rotatable bonds is 5. The third-order valence-corrected chi connectivity index (χ3v) is 1.99. The Balaban J connectivity index is 2.80. The van der Waals surface area contributed by atoms with Gasteiger partial charge in [-0.05, 0) is 18.6 Å². The molecule has 0 amide bonds. The van der Waals surface area contributed by atoms with Crippen molar-refractivity contribution in [2.75, 3.05) is 27.4 Å². The van der Waals surface area contributed by atoms with Gasteiger partial charge in [0.05, 0.1) is 13.7 Å². The first-order valence-corrected chi connectivity index (χ1v) is 4.65. The molecule has 0 unspecified atom stereocenters. The van der Waals surface area contributed by atoms with Crippen LogP contribution in [-0.2, 0) is 4.74 Å². The van der Waals surface area contributed by atoms with Crippen molar-refractivity contribution in [2.45, 2.75) is 6.92 Å². The fourth-order valence-electron chi connectivity index (χ4n) is 1.14. The fourth-order valence-corrected chi connectivity index (χ4v) is 1.14. The molecule has 0 N–H and O–H groups in total. The monoisotopic (exact) mass is 214 g/mol. The standard InChI is InChI=1S/C11H15FO3/c1-8-6-10(14-3)11(7-9(8)12)15-5-4-13-2/h6-7H,4-5H2,1-3H3. The van der Waals surface area contributed by atoms with E-state index in [1.807, 2.05) is 0 Å². The average molecular weight is 214 g/mol. The van der Waals surface area contributed by atoms with Crippen molar-refractivity contribution in [3.8, 4) is 11.5 Å². The summed E-state index contributed by atoms with van der Waals surface area (Å²) in [4.78, 5) is 0. The van der Waals surface area contributed by atoms with E-state index in [0.717, 1.165) is 0 Å². The Morgan fingerprint density at radius 2 is 1.87 bits per heavy atom. The SMILES string of the molecule is COCCOc1cc(F)c(C)cc1OC. The van der Waals surface area contributed by atoms with Crippen molar-refractivity contribution in [3.63, 3.8) is 0 Å². The minimum Gasteiger partial charge on any atom is -0.493 e. The van der Waals surface area contributed by atoms with Gasteiger partial charge in [0.15, 0.2) is 11.5 Å². The molecule has 4 heteroatoms. The smallest absolute Gasteiger partial charge is 0.164 e. The van der Waals surface area contributed by atoms with Gasteiger partial charge in [-0.1, -0.05) is 0 Å². The first kappa shape index (κ1) is 11.8. The van der Waals surface area contributed by atoms with Crippen LogP contribution in [0.2, 0.25) is 0 Å². The predicted octanol–water partition coefficient (Wildman–Crippen LogP) is 2.17. The van der Waals surface area contributed by atoms with Gasteiger partial charge in [0, 0.05) is 13.2 Å². The summed E-state index contributed by atoms with van der Waals surface area (Å²) in [7, 11) is 3.10.